The first kappa shape index (κ1) is 13.8. The highest BCUT2D eigenvalue weighted by atomic mass is 35.5. The van der Waals surface area contributed by atoms with Gasteiger partial charge in [-0.3, -0.25) is 9.36 Å². The molecule has 5 heteroatoms. The van der Waals surface area contributed by atoms with E-state index >= 15 is 0 Å². The van der Waals surface area contributed by atoms with E-state index in [2.05, 4.69) is 4.98 Å². The molecule has 106 valence electrons. The van der Waals surface area contributed by atoms with Crippen LogP contribution in [0, 0.1) is 12.7 Å². The molecule has 0 fully saturated rings. The van der Waals surface area contributed by atoms with Gasteiger partial charge in [-0.25, -0.2) is 9.37 Å². The molecule has 0 aliphatic rings. The smallest absolute Gasteiger partial charge is 0.261 e. The zero-order valence-electron chi connectivity index (χ0n) is 11.3. The van der Waals surface area contributed by atoms with Crippen molar-refractivity contribution in [1.82, 2.24) is 9.55 Å². The van der Waals surface area contributed by atoms with E-state index < -0.39 is 5.82 Å². The largest absolute Gasteiger partial charge is 0.294 e. The van der Waals surface area contributed by atoms with Crippen molar-refractivity contribution in [2.75, 3.05) is 0 Å². The maximum absolute atomic E-state index is 13.8. The van der Waals surface area contributed by atoms with E-state index in [4.69, 9.17) is 11.6 Å². The summed E-state index contributed by atoms with van der Waals surface area (Å²) in [6.45, 7) is 1.96. The predicted molar refractivity (Wildman–Crippen MR) is 81.3 cm³/mol. The number of nitrogens with zero attached hydrogens (tertiary/aromatic N) is 2. The quantitative estimate of drug-likeness (QED) is 0.725. The lowest BCUT2D eigenvalue weighted by Gasteiger charge is -2.09. The van der Waals surface area contributed by atoms with Gasteiger partial charge in [0.15, 0.2) is 0 Å². The highest BCUT2D eigenvalue weighted by molar-refractivity contribution is 6.31. The number of rotatable bonds is 2. The Kier molecular flexibility index (Phi) is 3.47. The first-order valence-corrected chi connectivity index (χ1v) is 6.83. The summed E-state index contributed by atoms with van der Waals surface area (Å²) >= 11 is 6.00. The first-order valence-electron chi connectivity index (χ1n) is 6.45. The summed E-state index contributed by atoms with van der Waals surface area (Å²) in [5.41, 5.74) is 1.68. The average Bonchev–Trinajstić information content (AvgIpc) is 2.46. The van der Waals surface area contributed by atoms with E-state index in [9.17, 15) is 9.18 Å². The van der Waals surface area contributed by atoms with Crippen LogP contribution >= 0.6 is 11.6 Å². The number of hydrogen-bond acceptors (Lipinski definition) is 2. The molecule has 0 spiro atoms. The van der Waals surface area contributed by atoms with Crippen LogP contribution in [0.5, 0.6) is 0 Å². The molecule has 3 aromatic rings. The molecule has 0 atom stereocenters. The molecule has 0 radical (unpaired) electrons. The van der Waals surface area contributed by atoms with Gasteiger partial charge in [0.1, 0.15) is 5.82 Å². The molecule has 3 nitrogen and oxygen atoms in total. The normalized spacial score (nSPS) is 11.0. The summed E-state index contributed by atoms with van der Waals surface area (Å²) in [5, 5.41) is 0.816. The molecule has 0 saturated heterocycles. The highest BCUT2D eigenvalue weighted by Gasteiger charge is 2.10. The minimum absolute atomic E-state index is 0.0568. The van der Waals surface area contributed by atoms with Crippen LogP contribution < -0.4 is 5.56 Å². The summed E-state index contributed by atoms with van der Waals surface area (Å²) in [6, 6.07) is 9.93. The number of fused-ring (bicyclic) bond motifs is 1. The van der Waals surface area contributed by atoms with Crippen LogP contribution in [0.15, 0.2) is 47.5 Å². The van der Waals surface area contributed by atoms with E-state index in [1.807, 2.05) is 13.0 Å². The van der Waals surface area contributed by atoms with Gasteiger partial charge in [-0.1, -0.05) is 29.3 Å². The van der Waals surface area contributed by atoms with E-state index in [0.717, 1.165) is 5.56 Å². The van der Waals surface area contributed by atoms with Gasteiger partial charge in [0.05, 0.1) is 23.8 Å². The average molecular weight is 303 g/mol. The van der Waals surface area contributed by atoms with Crippen LogP contribution in [0.4, 0.5) is 4.39 Å². The van der Waals surface area contributed by atoms with E-state index in [0.29, 0.717) is 15.9 Å². The molecule has 0 aliphatic carbocycles. The molecule has 0 bridgehead atoms. The van der Waals surface area contributed by atoms with Gasteiger partial charge in [-0.2, -0.15) is 0 Å². The number of aryl methyl sites for hydroxylation is 1. The minimum Gasteiger partial charge on any atom is -0.294 e. The van der Waals surface area contributed by atoms with Crippen LogP contribution in [0.2, 0.25) is 5.02 Å². The van der Waals surface area contributed by atoms with Gasteiger partial charge < -0.3 is 0 Å². The highest BCUT2D eigenvalue weighted by Crippen LogP contribution is 2.19. The van der Waals surface area contributed by atoms with Crippen molar-refractivity contribution in [1.29, 1.82) is 0 Å². The van der Waals surface area contributed by atoms with E-state index in [-0.39, 0.29) is 17.7 Å². The van der Waals surface area contributed by atoms with Crippen LogP contribution in [0.3, 0.4) is 0 Å². The summed E-state index contributed by atoms with van der Waals surface area (Å²) in [7, 11) is 0. The Bertz CT molecular complexity index is 869. The molecule has 3 rings (SSSR count). The van der Waals surface area contributed by atoms with Gasteiger partial charge in [-0.05, 0) is 31.2 Å². The molecule has 0 aliphatic heterocycles. The van der Waals surface area contributed by atoms with Crippen LogP contribution in [-0.2, 0) is 6.54 Å². The monoisotopic (exact) mass is 302 g/mol. The Hall–Kier alpha value is -2.20. The molecule has 0 N–H and O–H groups in total. The lowest BCUT2D eigenvalue weighted by atomic mass is 10.1. The standard InChI is InChI=1S/C16H12ClFN2O/c1-10-5-6-15-11(7-10)16(21)20(9-19-15)8-12-13(17)3-2-4-14(12)18/h2-7,9H,8H2,1H3. The first-order chi connectivity index (χ1) is 10.1. The van der Waals surface area contributed by atoms with Gasteiger partial charge >= 0.3 is 0 Å². The third-order valence-corrected chi connectivity index (χ3v) is 3.72. The van der Waals surface area contributed by atoms with Crippen molar-refractivity contribution in [2.24, 2.45) is 0 Å². The van der Waals surface area contributed by atoms with Crippen molar-refractivity contribution in [3.63, 3.8) is 0 Å². The van der Waals surface area contributed by atoms with Gasteiger partial charge in [0.25, 0.3) is 5.56 Å². The van der Waals surface area contributed by atoms with Crippen molar-refractivity contribution in [3.8, 4) is 0 Å². The number of halogens is 2. The van der Waals surface area contributed by atoms with Gasteiger partial charge in [0, 0.05) is 10.6 Å². The van der Waals surface area contributed by atoms with E-state index in [1.165, 1.54) is 23.0 Å². The number of benzene rings is 2. The third kappa shape index (κ3) is 2.54. The Balaban J connectivity index is 2.14. The zero-order valence-corrected chi connectivity index (χ0v) is 12.1. The molecule has 2 aromatic carbocycles. The van der Waals surface area contributed by atoms with Crippen LogP contribution in [0.25, 0.3) is 10.9 Å². The molecule has 1 aromatic heterocycles. The maximum atomic E-state index is 13.8. The van der Waals surface area contributed by atoms with Crippen LogP contribution in [0.1, 0.15) is 11.1 Å². The Morgan fingerprint density at radius 3 is 2.86 bits per heavy atom. The number of hydrogen-bond donors (Lipinski definition) is 0. The van der Waals surface area contributed by atoms with Crippen molar-refractivity contribution in [3.05, 3.63) is 75.0 Å². The maximum Gasteiger partial charge on any atom is 0.261 e. The molecule has 1 heterocycles. The van der Waals surface area contributed by atoms with Crippen molar-refractivity contribution in [2.45, 2.75) is 13.5 Å². The summed E-state index contributed by atoms with van der Waals surface area (Å²) in [5.74, 6) is -0.432. The second-order valence-electron chi connectivity index (χ2n) is 4.90. The summed E-state index contributed by atoms with van der Waals surface area (Å²) in [6.07, 6.45) is 1.42. The lowest BCUT2D eigenvalue weighted by molar-refractivity contribution is 0.595. The fraction of sp³-hybridized carbons (Fsp3) is 0.125. The second-order valence-corrected chi connectivity index (χ2v) is 5.31. The summed E-state index contributed by atoms with van der Waals surface area (Å²) in [4.78, 5) is 16.7. The summed E-state index contributed by atoms with van der Waals surface area (Å²) < 4.78 is 15.2. The Morgan fingerprint density at radius 1 is 1.29 bits per heavy atom. The number of aromatic nitrogens is 2. The predicted octanol–water partition coefficient (Wildman–Crippen LogP) is 3.55. The van der Waals surface area contributed by atoms with Crippen LogP contribution in [-0.4, -0.2) is 9.55 Å². The topological polar surface area (TPSA) is 34.9 Å². The zero-order chi connectivity index (χ0) is 15.0. The molecule has 0 saturated carbocycles. The SMILES string of the molecule is Cc1ccc2ncn(Cc3c(F)cccc3Cl)c(=O)c2c1. The molecule has 21 heavy (non-hydrogen) atoms. The van der Waals surface area contributed by atoms with Crippen molar-refractivity contribution < 1.29 is 4.39 Å². The van der Waals surface area contributed by atoms with Gasteiger partial charge in [0.2, 0.25) is 0 Å². The lowest BCUT2D eigenvalue weighted by Crippen LogP contribution is -2.21. The molecule has 0 unspecified atom stereocenters. The minimum atomic E-state index is -0.432. The molecule has 0 amide bonds. The van der Waals surface area contributed by atoms with Crippen molar-refractivity contribution >= 4 is 22.5 Å². The fourth-order valence-electron chi connectivity index (χ4n) is 2.24. The molecular formula is C16H12ClFN2O. The molecular weight excluding hydrogens is 291 g/mol. The third-order valence-electron chi connectivity index (χ3n) is 3.37. The fourth-order valence-corrected chi connectivity index (χ4v) is 2.46. The second kappa shape index (κ2) is 5.30. The Morgan fingerprint density at radius 2 is 2.10 bits per heavy atom. The van der Waals surface area contributed by atoms with Gasteiger partial charge in [-0.15, -0.1) is 0 Å². The van der Waals surface area contributed by atoms with E-state index in [1.54, 1.807) is 18.2 Å². The Labute approximate surface area is 125 Å².